The molecule has 0 aliphatic heterocycles. The van der Waals surface area contributed by atoms with Crippen molar-refractivity contribution < 1.29 is 0 Å². The van der Waals surface area contributed by atoms with Gasteiger partial charge in [-0.2, -0.15) is 0 Å². The molecule has 0 radical (unpaired) electrons. The molecule has 1 aromatic heterocycles. The van der Waals surface area contributed by atoms with Crippen LogP contribution in [-0.4, -0.2) is 29.6 Å². The molecule has 4 nitrogen and oxygen atoms in total. The van der Waals surface area contributed by atoms with Gasteiger partial charge < -0.3 is 10.6 Å². The van der Waals surface area contributed by atoms with Gasteiger partial charge in [0.15, 0.2) is 0 Å². The van der Waals surface area contributed by atoms with Crippen molar-refractivity contribution in [2.75, 3.05) is 18.5 Å². The van der Waals surface area contributed by atoms with Gasteiger partial charge in [-0.1, -0.05) is 6.42 Å². The minimum atomic E-state index is 0.428. The van der Waals surface area contributed by atoms with E-state index >= 15 is 0 Å². The summed E-state index contributed by atoms with van der Waals surface area (Å²) in [6, 6.07) is 0.428. The van der Waals surface area contributed by atoms with Crippen molar-refractivity contribution in [2.24, 2.45) is 5.73 Å². The lowest BCUT2D eigenvalue weighted by molar-refractivity contribution is 0.624. The smallest absolute Gasteiger partial charge is 0.135 e. The van der Waals surface area contributed by atoms with Gasteiger partial charge in [-0.15, -0.1) is 0 Å². The van der Waals surface area contributed by atoms with Crippen molar-refractivity contribution in [1.82, 2.24) is 9.97 Å². The highest BCUT2D eigenvalue weighted by Gasteiger charge is 2.19. The molecule has 1 atom stereocenters. The maximum Gasteiger partial charge on any atom is 0.135 e. The number of hydrogen-bond acceptors (Lipinski definition) is 4. The van der Waals surface area contributed by atoms with Crippen LogP contribution in [0.15, 0.2) is 6.33 Å². The first-order chi connectivity index (χ1) is 8.74. The molecule has 0 bridgehead atoms. The number of hydrogen-bond donors (Lipinski definition) is 1. The Bertz CT molecular complexity index is 391. The lowest BCUT2D eigenvalue weighted by atomic mass is 10.1. The number of aryl methyl sites for hydroxylation is 1. The Balaban J connectivity index is 2.27. The summed E-state index contributed by atoms with van der Waals surface area (Å²) < 4.78 is 0. The molecule has 0 saturated heterocycles. The molecule has 2 rings (SSSR count). The molecule has 2 N–H and O–H groups in total. The molecule has 0 amide bonds. The van der Waals surface area contributed by atoms with Gasteiger partial charge in [0, 0.05) is 24.3 Å². The van der Waals surface area contributed by atoms with Gasteiger partial charge in [-0.05, 0) is 45.6 Å². The third-order valence-electron chi connectivity index (χ3n) is 3.93. The van der Waals surface area contributed by atoms with E-state index < -0.39 is 0 Å². The van der Waals surface area contributed by atoms with Crippen LogP contribution in [0, 0.1) is 0 Å². The Hall–Kier alpha value is -1.16. The summed E-state index contributed by atoms with van der Waals surface area (Å²) >= 11 is 0. The number of nitrogens with two attached hydrogens (primary N) is 1. The van der Waals surface area contributed by atoms with Crippen molar-refractivity contribution in [3.63, 3.8) is 0 Å². The molecule has 0 spiro atoms. The number of aromatic nitrogens is 2. The SMILES string of the molecule is CC(CCN)N(C)c1ncnc2c1CCCCC2. The first kappa shape index (κ1) is 13.3. The monoisotopic (exact) mass is 248 g/mol. The summed E-state index contributed by atoms with van der Waals surface area (Å²) in [6.45, 7) is 2.93. The molecule has 1 aliphatic rings. The van der Waals surface area contributed by atoms with Crippen molar-refractivity contribution >= 4 is 5.82 Å². The third-order valence-corrected chi connectivity index (χ3v) is 3.93. The fourth-order valence-corrected chi connectivity index (χ4v) is 2.63. The summed E-state index contributed by atoms with van der Waals surface area (Å²) in [7, 11) is 2.12. The van der Waals surface area contributed by atoms with E-state index in [1.54, 1.807) is 6.33 Å². The standard InChI is InChI=1S/C14H24N4/c1-11(8-9-15)18(2)14-12-6-4-3-5-7-13(12)16-10-17-14/h10-11H,3-9,15H2,1-2H3. The Morgan fingerprint density at radius 2 is 2.06 bits per heavy atom. The van der Waals surface area contributed by atoms with Crippen molar-refractivity contribution in [3.8, 4) is 0 Å². The van der Waals surface area contributed by atoms with E-state index in [1.807, 2.05) is 0 Å². The van der Waals surface area contributed by atoms with E-state index in [0.29, 0.717) is 6.04 Å². The predicted octanol–water partition coefficient (Wildman–Crippen LogP) is 1.92. The summed E-state index contributed by atoms with van der Waals surface area (Å²) in [5.74, 6) is 1.11. The second-order valence-corrected chi connectivity index (χ2v) is 5.22. The highest BCUT2D eigenvalue weighted by molar-refractivity contribution is 5.49. The number of fused-ring (bicyclic) bond motifs is 1. The summed E-state index contributed by atoms with van der Waals surface area (Å²) in [5.41, 5.74) is 8.27. The van der Waals surface area contributed by atoms with Gasteiger partial charge in [-0.3, -0.25) is 0 Å². The number of rotatable bonds is 4. The molecule has 0 aromatic carbocycles. The quantitative estimate of drug-likeness (QED) is 0.827. The predicted molar refractivity (Wildman–Crippen MR) is 74.8 cm³/mol. The number of nitrogens with zero attached hydrogens (tertiary/aromatic N) is 3. The molecule has 4 heteroatoms. The van der Waals surface area contributed by atoms with Crippen LogP contribution < -0.4 is 10.6 Å². The summed E-state index contributed by atoms with van der Waals surface area (Å²) in [5, 5.41) is 0. The van der Waals surface area contributed by atoms with E-state index in [9.17, 15) is 0 Å². The Morgan fingerprint density at radius 1 is 1.28 bits per heavy atom. The van der Waals surface area contributed by atoms with Crippen molar-refractivity contribution in [1.29, 1.82) is 0 Å². The van der Waals surface area contributed by atoms with Crippen LogP contribution >= 0.6 is 0 Å². The van der Waals surface area contributed by atoms with Gasteiger partial charge in [0.1, 0.15) is 12.1 Å². The second kappa shape index (κ2) is 6.14. The molecule has 0 saturated carbocycles. The highest BCUT2D eigenvalue weighted by atomic mass is 15.2. The zero-order valence-corrected chi connectivity index (χ0v) is 11.5. The van der Waals surface area contributed by atoms with Gasteiger partial charge in [0.25, 0.3) is 0 Å². The molecule has 100 valence electrons. The lowest BCUT2D eigenvalue weighted by Crippen LogP contribution is -2.32. The molecular weight excluding hydrogens is 224 g/mol. The van der Waals surface area contributed by atoms with Crippen LogP contribution in [0.2, 0.25) is 0 Å². The second-order valence-electron chi connectivity index (χ2n) is 5.22. The zero-order chi connectivity index (χ0) is 13.0. The van der Waals surface area contributed by atoms with Crippen LogP contribution in [0.4, 0.5) is 5.82 Å². The largest absolute Gasteiger partial charge is 0.357 e. The Morgan fingerprint density at radius 3 is 2.83 bits per heavy atom. The van der Waals surface area contributed by atoms with Crippen LogP contribution in [0.5, 0.6) is 0 Å². The van der Waals surface area contributed by atoms with E-state index in [4.69, 9.17) is 5.73 Å². The lowest BCUT2D eigenvalue weighted by Gasteiger charge is -2.28. The van der Waals surface area contributed by atoms with Crippen molar-refractivity contribution in [2.45, 2.75) is 51.5 Å². The van der Waals surface area contributed by atoms with Gasteiger partial charge in [-0.25, -0.2) is 9.97 Å². The summed E-state index contributed by atoms with van der Waals surface area (Å²) in [6.07, 6.45) is 8.74. The minimum Gasteiger partial charge on any atom is -0.357 e. The molecule has 1 heterocycles. The van der Waals surface area contributed by atoms with E-state index in [-0.39, 0.29) is 0 Å². The number of anilines is 1. The summed E-state index contributed by atoms with van der Waals surface area (Å²) in [4.78, 5) is 11.2. The Kier molecular flexibility index (Phi) is 4.53. The average molecular weight is 248 g/mol. The first-order valence-electron chi connectivity index (χ1n) is 6.99. The third kappa shape index (κ3) is 2.80. The van der Waals surface area contributed by atoms with Crippen molar-refractivity contribution in [3.05, 3.63) is 17.6 Å². The van der Waals surface area contributed by atoms with Gasteiger partial charge in [0.2, 0.25) is 0 Å². The van der Waals surface area contributed by atoms with Crippen LogP contribution in [0.3, 0.4) is 0 Å². The van der Waals surface area contributed by atoms with Gasteiger partial charge in [0.05, 0.1) is 0 Å². The minimum absolute atomic E-state index is 0.428. The van der Waals surface area contributed by atoms with Gasteiger partial charge >= 0.3 is 0 Å². The van der Waals surface area contributed by atoms with E-state index in [0.717, 1.165) is 31.6 Å². The normalized spacial score (nSPS) is 16.8. The van der Waals surface area contributed by atoms with E-state index in [1.165, 1.54) is 30.5 Å². The van der Waals surface area contributed by atoms with Crippen LogP contribution in [0.1, 0.15) is 43.9 Å². The molecule has 1 aliphatic carbocycles. The van der Waals surface area contributed by atoms with E-state index in [2.05, 4.69) is 28.8 Å². The zero-order valence-electron chi connectivity index (χ0n) is 11.5. The van der Waals surface area contributed by atoms with Crippen LogP contribution in [0.25, 0.3) is 0 Å². The molecular formula is C14H24N4. The molecule has 1 unspecified atom stereocenters. The molecule has 0 fully saturated rings. The fourth-order valence-electron chi connectivity index (χ4n) is 2.63. The van der Waals surface area contributed by atoms with Crippen LogP contribution in [-0.2, 0) is 12.8 Å². The highest BCUT2D eigenvalue weighted by Crippen LogP contribution is 2.27. The maximum absolute atomic E-state index is 5.65. The Labute approximate surface area is 110 Å². The topological polar surface area (TPSA) is 55.0 Å². The average Bonchev–Trinajstić information content (AvgIpc) is 2.62. The first-order valence-corrected chi connectivity index (χ1v) is 6.99. The fraction of sp³-hybridized carbons (Fsp3) is 0.714. The molecule has 1 aromatic rings. The maximum atomic E-state index is 5.65. The molecule has 18 heavy (non-hydrogen) atoms.